The zero-order valence-corrected chi connectivity index (χ0v) is 29.3. The van der Waals surface area contributed by atoms with Crippen molar-refractivity contribution in [2.75, 3.05) is 12.0 Å². The van der Waals surface area contributed by atoms with Crippen molar-refractivity contribution in [2.45, 2.75) is 25.2 Å². The number of anilines is 1. The average Bonchev–Trinajstić information content (AvgIpc) is 3.44. The van der Waals surface area contributed by atoms with Gasteiger partial charge in [-0.05, 0) is 84.8 Å². The Morgan fingerprint density at radius 2 is 1.57 bits per heavy atom. The number of hydrogen-bond donors (Lipinski definition) is 1. The number of benzene rings is 4. The van der Waals surface area contributed by atoms with E-state index in [9.17, 15) is 19.5 Å². The van der Waals surface area contributed by atoms with E-state index in [1.54, 1.807) is 36.4 Å². The lowest BCUT2D eigenvalue weighted by Gasteiger charge is -2.54. The van der Waals surface area contributed by atoms with Gasteiger partial charge in [-0.2, -0.15) is 0 Å². The maximum atomic E-state index is 15.1. The summed E-state index contributed by atoms with van der Waals surface area (Å²) < 4.78 is 5.36. The Hall–Kier alpha value is -6.15. The zero-order valence-electron chi connectivity index (χ0n) is 29.3. The van der Waals surface area contributed by atoms with Gasteiger partial charge in [0.1, 0.15) is 0 Å². The number of carbonyl (C=O) groups excluding carboxylic acids is 5. The molecule has 0 aromatic heterocycles. The topological polar surface area (TPSA) is 118 Å². The number of imide groups is 1. The SMILES string of the molecule is COc1cc(C=C[C@H]2C3=CC[C@@H]4C(=O)N(c5ccc(C(C)=O)cc5)C(=O)[C@@H]4[C@@H]3C[C@H]3C(=O)C(c4ccccc4)=CC(=O)[C@@]23c2ccccc2)ccc1O. The van der Waals surface area contributed by atoms with Gasteiger partial charge in [0.15, 0.2) is 28.8 Å². The molecular formula is C45H37NO7. The quantitative estimate of drug-likeness (QED) is 0.123. The van der Waals surface area contributed by atoms with Gasteiger partial charge < -0.3 is 9.84 Å². The van der Waals surface area contributed by atoms with Crippen LogP contribution < -0.4 is 9.64 Å². The van der Waals surface area contributed by atoms with Crippen molar-refractivity contribution in [1.29, 1.82) is 0 Å². The first-order chi connectivity index (χ1) is 25.6. The summed E-state index contributed by atoms with van der Waals surface area (Å²) in [5, 5.41) is 10.3. The van der Waals surface area contributed by atoms with Gasteiger partial charge in [0.25, 0.3) is 0 Å². The minimum atomic E-state index is -1.34. The molecule has 2 amide bonds. The van der Waals surface area contributed by atoms with Gasteiger partial charge in [-0.1, -0.05) is 90.5 Å². The number of phenols is 1. The fourth-order valence-electron chi connectivity index (χ4n) is 9.23. The minimum absolute atomic E-state index is 0.0132. The van der Waals surface area contributed by atoms with Crippen molar-refractivity contribution in [3.05, 3.63) is 149 Å². The summed E-state index contributed by atoms with van der Waals surface area (Å²) in [4.78, 5) is 71.9. The normalized spacial score (nSPS) is 26.5. The van der Waals surface area contributed by atoms with Crippen LogP contribution in [0.15, 0.2) is 127 Å². The summed E-state index contributed by atoms with van der Waals surface area (Å²) in [6.45, 7) is 1.46. The molecule has 8 rings (SSSR count). The molecule has 0 radical (unpaired) electrons. The molecule has 1 aliphatic heterocycles. The third kappa shape index (κ3) is 5.31. The summed E-state index contributed by atoms with van der Waals surface area (Å²) >= 11 is 0. The van der Waals surface area contributed by atoms with E-state index in [0.717, 1.165) is 5.57 Å². The molecule has 1 heterocycles. The van der Waals surface area contributed by atoms with Gasteiger partial charge in [-0.3, -0.25) is 28.9 Å². The second-order valence-corrected chi connectivity index (χ2v) is 14.2. The van der Waals surface area contributed by atoms with Crippen LogP contribution in [0.5, 0.6) is 11.5 Å². The molecule has 264 valence electrons. The molecular weight excluding hydrogens is 666 g/mol. The molecule has 53 heavy (non-hydrogen) atoms. The highest BCUT2D eigenvalue weighted by atomic mass is 16.5. The molecule has 1 saturated carbocycles. The first-order valence-corrected chi connectivity index (χ1v) is 17.8. The molecule has 1 saturated heterocycles. The molecule has 4 aliphatic rings. The largest absolute Gasteiger partial charge is 0.504 e. The lowest BCUT2D eigenvalue weighted by molar-refractivity contribution is -0.135. The summed E-state index contributed by atoms with van der Waals surface area (Å²) in [6.07, 6.45) is 7.81. The highest BCUT2D eigenvalue weighted by Crippen LogP contribution is 2.61. The Morgan fingerprint density at radius 1 is 0.868 bits per heavy atom. The number of amides is 2. The number of allylic oxidation sites excluding steroid dienone is 5. The number of phenolic OH excluding ortho intramolecular Hbond substituents is 1. The van der Waals surface area contributed by atoms with Gasteiger partial charge >= 0.3 is 0 Å². The summed E-state index contributed by atoms with van der Waals surface area (Å²) in [5.74, 6) is -4.31. The molecule has 1 N–H and O–H groups in total. The van der Waals surface area contributed by atoms with E-state index in [4.69, 9.17) is 4.74 Å². The highest BCUT2D eigenvalue weighted by molar-refractivity contribution is 6.31. The van der Waals surface area contributed by atoms with E-state index in [0.29, 0.717) is 39.9 Å². The Labute approximate surface area is 307 Å². The van der Waals surface area contributed by atoms with Crippen LogP contribution in [0.25, 0.3) is 11.6 Å². The summed E-state index contributed by atoms with van der Waals surface area (Å²) in [7, 11) is 1.47. The number of carbonyl (C=O) groups is 5. The van der Waals surface area contributed by atoms with Crippen molar-refractivity contribution < 1.29 is 33.8 Å². The lowest BCUT2D eigenvalue weighted by atomic mass is 9.45. The molecule has 0 spiro atoms. The number of methoxy groups -OCH3 is 1. The molecule has 4 aromatic rings. The van der Waals surface area contributed by atoms with Crippen molar-refractivity contribution in [1.82, 2.24) is 0 Å². The first-order valence-electron chi connectivity index (χ1n) is 17.8. The second-order valence-electron chi connectivity index (χ2n) is 14.2. The van der Waals surface area contributed by atoms with Gasteiger partial charge in [-0.15, -0.1) is 0 Å². The van der Waals surface area contributed by atoms with Gasteiger partial charge in [-0.25, -0.2) is 0 Å². The van der Waals surface area contributed by atoms with Crippen LogP contribution in [0.2, 0.25) is 0 Å². The van der Waals surface area contributed by atoms with Crippen molar-refractivity contribution in [3.8, 4) is 11.5 Å². The van der Waals surface area contributed by atoms with Crippen LogP contribution in [0.1, 0.15) is 46.8 Å². The van der Waals surface area contributed by atoms with E-state index in [1.165, 1.54) is 31.1 Å². The van der Waals surface area contributed by atoms with Crippen LogP contribution >= 0.6 is 0 Å². The van der Waals surface area contributed by atoms with Crippen molar-refractivity contribution in [2.24, 2.45) is 29.6 Å². The third-order valence-electron chi connectivity index (χ3n) is 11.7. The van der Waals surface area contributed by atoms with E-state index in [1.807, 2.05) is 78.9 Å². The first kappa shape index (κ1) is 34.0. The van der Waals surface area contributed by atoms with E-state index < -0.39 is 35.0 Å². The van der Waals surface area contributed by atoms with Crippen LogP contribution in [0.4, 0.5) is 5.69 Å². The summed E-state index contributed by atoms with van der Waals surface area (Å²) in [5.41, 5.74) is 2.77. The number of hydrogen-bond acceptors (Lipinski definition) is 7. The van der Waals surface area contributed by atoms with E-state index in [2.05, 4.69) is 0 Å². The van der Waals surface area contributed by atoms with Gasteiger partial charge in [0, 0.05) is 23.0 Å². The monoisotopic (exact) mass is 703 g/mol. The Bertz CT molecular complexity index is 2270. The van der Waals surface area contributed by atoms with Gasteiger partial charge in [0.05, 0.1) is 30.0 Å². The minimum Gasteiger partial charge on any atom is -0.504 e. The standard InChI is InChI=1S/C45H37NO7/c1-26(47)28-15-17-31(18-16-28)46-43(51)33-20-19-32-35(41(33)44(46)52)24-37-42(50)34(29-9-5-3-6-10-29)25-40(49)45(37,30-11-7-4-8-12-30)36(32)21-13-27-14-22-38(48)39(23-27)53-2/h3-19,21-23,25,33,35-37,41,48H,20,24H2,1-2H3/t33-,35+,36-,37-,41-,45-/m0/s1. The smallest absolute Gasteiger partial charge is 0.238 e. The maximum Gasteiger partial charge on any atom is 0.238 e. The summed E-state index contributed by atoms with van der Waals surface area (Å²) in [6, 6.07) is 30.0. The number of fused-ring (bicyclic) bond motifs is 4. The lowest BCUT2D eigenvalue weighted by Crippen LogP contribution is -2.59. The predicted octanol–water partition coefficient (Wildman–Crippen LogP) is 7.18. The van der Waals surface area contributed by atoms with Crippen LogP contribution in [-0.2, 0) is 24.6 Å². The second kappa shape index (κ2) is 13.1. The molecule has 2 fully saturated rings. The van der Waals surface area contributed by atoms with Crippen molar-refractivity contribution >= 4 is 46.5 Å². The van der Waals surface area contributed by atoms with Gasteiger partial charge in [0.2, 0.25) is 11.8 Å². The fourth-order valence-corrected chi connectivity index (χ4v) is 9.23. The van der Waals surface area contributed by atoms with Crippen molar-refractivity contribution in [3.63, 3.8) is 0 Å². The fraction of sp³-hybridized carbons (Fsp3) is 0.222. The number of ketones is 3. The Kier molecular flexibility index (Phi) is 8.41. The number of aromatic hydroxyl groups is 1. The molecule has 3 aliphatic carbocycles. The Balaban J connectivity index is 1.30. The zero-order chi connectivity index (χ0) is 37.0. The van der Waals surface area contributed by atoms with E-state index >= 15 is 9.59 Å². The van der Waals surface area contributed by atoms with Crippen LogP contribution in [0, 0.1) is 29.6 Å². The predicted molar refractivity (Wildman–Crippen MR) is 200 cm³/mol. The molecule has 0 unspecified atom stereocenters. The average molecular weight is 704 g/mol. The highest BCUT2D eigenvalue weighted by Gasteiger charge is 2.65. The van der Waals surface area contributed by atoms with Crippen LogP contribution in [-0.4, -0.2) is 41.4 Å². The van der Waals surface area contributed by atoms with Crippen LogP contribution in [0.3, 0.4) is 0 Å². The third-order valence-corrected chi connectivity index (χ3v) is 11.7. The molecule has 8 nitrogen and oxygen atoms in total. The number of Topliss-reactive ketones (excluding diaryl/α,β-unsaturated/α-hetero) is 2. The number of nitrogens with zero attached hydrogens (tertiary/aromatic N) is 1. The molecule has 4 aromatic carbocycles. The molecule has 6 atom stereocenters. The molecule has 8 heteroatoms. The molecule has 0 bridgehead atoms. The number of ether oxygens (including phenoxy) is 1. The Morgan fingerprint density at radius 3 is 2.25 bits per heavy atom. The number of rotatable bonds is 7. The maximum absolute atomic E-state index is 15.1. The van der Waals surface area contributed by atoms with E-state index in [-0.39, 0.29) is 47.1 Å².